The van der Waals surface area contributed by atoms with Gasteiger partial charge >= 0.3 is 0 Å². The normalized spacial score (nSPS) is 15.2. The predicted octanol–water partition coefficient (Wildman–Crippen LogP) is 3.85. The van der Waals surface area contributed by atoms with E-state index in [-0.39, 0.29) is 11.4 Å². The second-order valence-corrected chi connectivity index (χ2v) is 6.32. The lowest BCUT2D eigenvalue weighted by Crippen LogP contribution is -2.41. The van der Waals surface area contributed by atoms with E-state index in [1.165, 1.54) is 0 Å². The standard InChI is InChI=1S/C19H23NO2/c1-19(2,3)20-18(21)15-11-8-12-17(22-4)16(13-15)14-9-6-5-7-10-14/h5-11,13H,12H2,1-4H3,(H,20,21). The zero-order chi connectivity index (χ0) is 16.2. The molecule has 0 aromatic heterocycles. The maximum absolute atomic E-state index is 12.4. The zero-order valence-electron chi connectivity index (χ0n) is 13.6. The molecule has 1 aromatic rings. The summed E-state index contributed by atoms with van der Waals surface area (Å²) in [6.07, 6.45) is 6.39. The molecule has 0 saturated carbocycles. The number of amides is 1. The van der Waals surface area contributed by atoms with Crippen LogP contribution in [0.5, 0.6) is 0 Å². The third-order valence-electron chi connectivity index (χ3n) is 3.28. The molecule has 1 aliphatic rings. The van der Waals surface area contributed by atoms with Gasteiger partial charge in [0, 0.05) is 23.1 Å². The third kappa shape index (κ3) is 4.10. The summed E-state index contributed by atoms with van der Waals surface area (Å²) in [6.45, 7) is 5.92. The largest absolute Gasteiger partial charge is 0.500 e. The van der Waals surface area contributed by atoms with Crippen LogP contribution in [0.4, 0.5) is 0 Å². The summed E-state index contributed by atoms with van der Waals surface area (Å²) in [5, 5.41) is 3.00. The molecule has 0 bridgehead atoms. The van der Waals surface area contributed by atoms with Crippen molar-refractivity contribution in [3.8, 4) is 0 Å². The van der Waals surface area contributed by atoms with Gasteiger partial charge in [0.05, 0.1) is 7.11 Å². The Morgan fingerprint density at radius 2 is 1.86 bits per heavy atom. The molecule has 0 saturated heterocycles. The van der Waals surface area contributed by atoms with Gasteiger partial charge in [0.2, 0.25) is 0 Å². The average Bonchev–Trinajstić information content (AvgIpc) is 2.68. The van der Waals surface area contributed by atoms with E-state index in [0.717, 1.165) is 16.9 Å². The number of rotatable bonds is 3. The lowest BCUT2D eigenvalue weighted by Gasteiger charge is -2.21. The molecule has 0 unspecified atom stereocenters. The van der Waals surface area contributed by atoms with Crippen molar-refractivity contribution in [2.45, 2.75) is 32.7 Å². The van der Waals surface area contributed by atoms with Gasteiger partial charge in [-0.25, -0.2) is 0 Å². The first-order valence-corrected chi connectivity index (χ1v) is 7.44. The van der Waals surface area contributed by atoms with Crippen LogP contribution in [-0.2, 0) is 9.53 Å². The monoisotopic (exact) mass is 297 g/mol. The molecule has 0 radical (unpaired) electrons. The molecular weight excluding hydrogens is 274 g/mol. The van der Waals surface area contributed by atoms with E-state index in [0.29, 0.717) is 12.0 Å². The fourth-order valence-corrected chi connectivity index (χ4v) is 2.30. The Labute approximate surface area is 132 Å². The minimum Gasteiger partial charge on any atom is -0.500 e. The lowest BCUT2D eigenvalue weighted by atomic mass is 10.0. The molecule has 1 aliphatic carbocycles. The molecule has 1 N–H and O–H groups in total. The van der Waals surface area contributed by atoms with Crippen LogP contribution in [0.3, 0.4) is 0 Å². The predicted molar refractivity (Wildman–Crippen MR) is 90.1 cm³/mol. The van der Waals surface area contributed by atoms with E-state index in [4.69, 9.17) is 4.74 Å². The zero-order valence-corrected chi connectivity index (χ0v) is 13.6. The molecule has 3 nitrogen and oxygen atoms in total. The number of hydrogen-bond acceptors (Lipinski definition) is 2. The quantitative estimate of drug-likeness (QED) is 0.920. The van der Waals surface area contributed by atoms with Crippen LogP contribution in [0.25, 0.3) is 5.57 Å². The first kappa shape index (κ1) is 16.1. The number of nitrogens with one attached hydrogen (secondary N) is 1. The van der Waals surface area contributed by atoms with Crippen molar-refractivity contribution in [3.05, 3.63) is 65.5 Å². The SMILES string of the molecule is COC1=C(c2ccccc2)C=C(C(=O)NC(C)(C)C)C=CC1. The van der Waals surface area contributed by atoms with Crippen molar-refractivity contribution in [2.24, 2.45) is 0 Å². The fourth-order valence-electron chi connectivity index (χ4n) is 2.30. The number of allylic oxidation sites excluding steroid dienone is 3. The van der Waals surface area contributed by atoms with Gasteiger partial charge in [-0.2, -0.15) is 0 Å². The molecular formula is C19H23NO2. The number of carbonyl (C=O) groups is 1. The summed E-state index contributed by atoms with van der Waals surface area (Å²) < 4.78 is 5.52. The van der Waals surface area contributed by atoms with Gasteiger partial charge in [0.25, 0.3) is 5.91 Å². The maximum atomic E-state index is 12.4. The van der Waals surface area contributed by atoms with Gasteiger partial charge in [-0.15, -0.1) is 0 Å². The average molecular weight is 297 g/mol. The van der Waals surface area contributed by atoms with Gasteiger partial charge in [-0.3, -0.25) is 4.79 Å². The van der Waals surface area contributed by atoms with E-state index in [1.54, 1.807) is 7.11 Å². The van der Waals surface area contributed by atoms with Gasteiger partial charge in [-0.1, -0.05) is 42.5 Å². The molecule has 0 fully saturated rings. The number of methoxy groups -OCH3 is 1. The number of benzene rings is 1. The number of ether oxygens (including phenoxy) is 1. The molecule has 3 heteroatoms. The van der Waals surface area contributed by atoms with Crippen LogP contribution in [0.2, 0.25) is 0 Å². The molecule has 116 valence electrons. The molecule has 0 atom stereocenters. The first-order valence-electron chi connectivity index (χ1n) is 7.44. The summed E-state index contributed by atoms with van der Waals surface area (Å²) in [7, 11) is 1.67. The Kier molecular flexibility index (Phi) is 4.86. The van der Waals surface area contributed by atoms with Crippen LogP contribution in [-0.4, -0.2) is 18.6 Å². The molecule has 1 amide bonds. The molecule has 22 heavy (non-hydrogen) atoms. The van der Waals surface area contributed by atoms with Gasteiger partial charge in [0.1, 0.15) is 5.76 Å². The van der Waals surface area contributed by atoms with E-state index in [2.05, 4.69) is 5.32 Å². The van der Waals surface area contributed by atoms with Crippen molar-refractivity contribution in [1.29, 1.82) is 0 Å². The topological polar surface area (TPSA) is 38.3 Å². The van der Waals surface area contributed by atoms with Gasteiger partial charge < -0.3 is 10.1 Å². The van der Waals surface area contributed by atoms with E-state index >= 15 is 0 Å². The fraction of sp³-hybridized carbons (Fsp3) is 0.316. The number of carbonyl (C=O) groups excluding carboxylic acids is 1. The third-order valence-corrected chi connectivity index (χ3v) is 3.28. The van der Waals surface area contributed by atoms with Crippen molar-refractivity contribution in [3.63, 3.8) is 0 Å². The number of hydrogen-bond donors (Lipinski definition) is 1. The van der Waals surface area contributed by atoms with Crippen LogP contribution in [0.15, 0.2) is 59.9 Å². The van der Waals surface area contributed by atoms with Crippen molar-refractivity contribution in [1.82, 2.24) is 5.32 Å². The van der Waals surface area contributed by atoms with Crippen molar-refractivity contribution >= 4 is 11.5 Å². The molecule has 1 aromatic carbocycles. The summed E-state index contributed by atoms with van der Waals surface area (Å²) >= 11 is 0. The second-order valence-electron chi connectivity index (χ2n) is 6.32. The molecule has 0 heterocycles. The Bertz CT molecular complexity index is 631. The minimum atomic E-state index is -0.265. The molecule has 0 spiro atoms. The summed E-state index contributed by atoms with van der Waals surface area (Å²) in [4.78, 5) is 12.4. The van der Waals surface area contributed by atoms with Crippen molar-refractivity contribution < 1.29 is 9.53 Å². The highest BCUT2D eigenvalue weighted by atomic mass is 16.5. The molecule has 0 aliphatic heterocycles. The molecule has 2 rings (SSSR count). The van der Waals surface area contributed by atoms with E-state index in [1.807, 2.05) is 69.3 Å². The summed E-state index contributed by atoms with van der Waals surface area (Å²) in [5.41, 5.74) is 2.37. The summed E-state index contributed by atoms with van der Waals surface area (Å²) in [6, 6.07) is 9.99. The Morgan fingerprint density at radius 1 is 1.18 bits per heavy atom. The van der Waals surface area contributed by atoms with E-state index in [9.17, 15) is 4.79 Å². The highest BCUT2D eigenvalue weighted by molar-refractivity contribution is 6.00. The Hall–Kier alpha value is -2.29. The van der Waals surface area contributed by atoms with Crippen molar-refractivity contribution in [2.75, 3.05) is 7.11 Å². The Balaban J connectivity index is 2.42. The first-order chi connectivity index (χ1) is 10.4. The minimum absolute atomic E-state index is 0.0745. The van der Waals surface area contributed by atoms with Crippen LogP contribution in [0, 0.1) is 0 Å². The Morgan fingerprint density at radius 3 is 2.45 bits per heavy atom. The van der Waals surface area contributed by atoms with Crippen LogP contribution >= 0.6 is 0 Å². The van der Waals surface area contributed by atoms with Crippen LogP contribution < -0.4 is 5.32 Å². The second kappa shape index (κ2) is 6.65. The maximum Gasteiger partial charge on any atom is 0.251 e. The van der Waals surface area contributed by atoms with E-state index < -0.39 is 0 Å². The highest BCUT2D eigenvalue weighted by Gasteiger charge is 2.19. The van der Waals surface area contributed by atoms with Gasteiger partial charge in [0.15, 0.2) is 0 Å². The van der Waals surface area contributed by atoms with Crippen LogP contribution in [0.1, 0.15) is 32.8 Å². The smallest absolute Gasteiger partial charge is 0.251 e. The highest BCUT2D eigenvalue weighted by Crippen LogP contribution is 2.27. The van der Waals surface area contributed by atoms with Gasteiger partial charge in [-0.05, 0) is 32.4 Å². The summed E-state index contributed by atoms with van der Waals surface area (Å²) in [5.74, 6) is 0.788. The lowest BCUT2D eigenvalue weighted by molar-refractivity contribution is -0.118.